The van der Waals surface area contributed by atoms with E-state index < -0.39 is 0 Å². The maximum atomic E-state index is 12.7. The van der Waals surface area contributed by atoms with Gasteiger partial charge >= 0.3 is 0 Å². The summed E-state index contributed by atoms with van der Waals surface area (Å²) >= 11 is 0. The average Bonchev–Trinajstić information content (AvgIpc) is 3.20. The summed E-state index contributed by atoms with van der Waals surface area (Å²) in [5, 5.41) is 2.79. The number of amides is 1. The summed E-state index contributed by atoms with van der Waals surface area (Å²) in [6.07, 6.45) is 4.07. The number of carbonyl (C=O) groups is 1. The molecule has 3 heterocycles. The largest absolute Gasteiger partial charge is 0.466 e. The smallest absolute Gasteiger partial charge is 0.294 e. The van der Waals surface area contributed by atoms with Gasteiger partial charge in [-0.2, -0.15) is 0 Å². The van der Waals surface area contributed by atoms with E-state index in [1.165, 1.54) is 4.57 Å². The maximum Gasteiger partial charge on any atom is 0.294 e. The maximum absolute atomic E-state index is 12.7. The predicted molar refractivity (Wildman–Crippen MR) is 101 cm³/mol. The minimum absolute atomic E-state index is 0.207. The molecule has 0 aliphatic rings. The van der Waals surface area contributed by atoms with E-state index in [2.05, 4.69) is 10.3 Å². The van der Waals surface area contributed by atoms with Crippen molar-refractivity contribution in [2.24, 2.45) is 7.05 Å². The molecule has 1 amide bonds. The number of aromatic nitrogens is 3. The molecule has 1 N–H and O–H groups in total. The molecule has 8 heteroatoms. The van der Waals surface area contributed by atoms with E-state index in [1.54, 1.807) is 23.8 Å². The van der Waals surface area contributed by atoms with Gasteiger partial charge in [-0.1, -0.05) is 0 Å². The van der Waals surface area contributed by atoms with Crippen LogP contribution in [0.15, 0.2) is 27.7 Å². The van der Waals surface area contributed by atoms with E-state index in [0.29, 0.717) is 25.5 Å². The number of hydrogen-bond acceptors (Lipinski definition) is 5. The van der Waals surface area contributed by atoms with Crippen molar-refractivity contribution in [2.45, 2.75) is 27.2 Å². The van der Waals surface area contributed by atoms with E-state index in [0.717, 1.165) is 23.5 Å². The molecule has 3 aromatic rings. The molecular formula is C19H24N4O4. The molecule has 0 aliphatic heterocycles. The van der Waals surface area contributed by atoms with Crippen molar-refractivity contribution in [2.75, 3.05) is 19.8 Å². The Morgan fingerprint density at radius 1 is 1.33 bits per heavy atom. The number of hydrogen-bond donors (Lipinski definition) is 1. The number of carbonyl (C=O) groups excluding carboxylic acids is 1. The van der Waals surface area contributed by atoms with Crippen LogP contribution in [0.1, 0.15) is 35.4 Å². The molecule has 0 saturated heterocycles. The van der Waals surface area contributed by atoms with Crippen LogP contribution in [-0.2, 0) is 11.8 Å². The van der Waals surface area contributed by atoms with Gasteiger partial charge in [0, 0.05) is 44.8 Å². The number of imidazole rings is 1. The third-order valence-electron chi connectivity index (χ3n) is 4.36. The molecule has 0 spiro atoms. The highest BCUT2D eigenvalue weighted by atomic mass is 16.5. The molecule has 3 rings (SSSR count). The van der Waals surface area contributed by atoms with Crippen molar-refractivity contribution in [1.82, 2.24) is 19.3 Å². The molecule has 0 atom stereocenters. The van der Waals surface area contributed by atoms with Gasteiger partial charge in [-0.3, -0.25) is 14.0 Å². The molecule has 8 nitrogen and oxygen atoms in total. The molecule has 27 heavy (non-hydrogen) atoms. The van der Waals surface area contributed by atoms with Crippen molar-refractivity contribution in [3.63, 3.8) is 0 Å². The number of rotatable bonds is 7. The molecule has 3 aromatic heterocycles. The predicted octanol–water partition coefficient (Wildman–Crippen LogP) is 2.07. The van der Waals surface area contributed by atoms with E-state index in [1.807, 2.05) is 26.8 Å². The molecule has 0 bridgehead atoms. The summed E-state index contributed by atoms with van der Waals surface area (Å²) in [4.78, 5) is 29.2. The Kier molecular flexibility index (Phi) is 5.46. The van der Waals surface area contributed by atoms with Gasteiger partial charge in [-0.25, -0.2) is 4.98 Å². The minimum atomic E-state index is -0.311. The van der Waals surface area contributed by atoms with Crippen LogP contribution in [0.3, 0.4) is 0 Å². The summed E-state index contributed by atoms with van der Waals surface area (Å²) in [6, 6.07) is 1.89. The van der Waals surface area contributed by atoms with E-state index in [-0.39, 0.29) is 22.8 Å². The number of ether oxygens (including phenoxy) is 1. The van der Waals surface area contributed by atoms with E-state index in [9.17, 15) is 9.59 Å². The first kappa shape index (κ1) is 18.9. The molecule has 0 aromatic carbocycles. The lowest BCUT2D eigenvalue weighted by Crippen LogP contribution is -2.25. The van der Waals surface area contributed by atoms with Gasteiger partial charge < -0.3 is 19.0 Å². The molecule has 144 valence electrons. The van der Waals surface area contributed by atoms with Crippen molar-refractivity contribution in [3.8, 4) is 11.3 Å². The minimum Gasteiger partial charge on any atom is -0.466 e. The average molecular weight is 372 g/mol. The van der Waals surface area contributed by atoms with Crippen molar-refractivity contribution >= 4 is 11.6 Å². The summed E-state index contributed by atoms with van der Waals surface area (Å²) < 4.78 is 13.9. The second kappa shape index (κ2) is 7.79. The standard InChI is InChI=1S/C19H24N4O4/c1-5-26-8-6-7-20-18(24)15-10-23-11-16(14-9-12(2)27-13(14)3)22(4)19(25)17(23)21-15/h9-11H,5-8H2,1-4H3,(H,20,24). The first-order chi connectivity index (χ1) is 12.9. The number of fused-ring (bicyclic) bond motifs is 1. The highest BCUT2D eigenvalue weighted by molar-refractivity contribution is 5.92. The zero-order valence-corrected chi connectivity index (χ0v) is 16.0. The summed E-state index contributed by atoms with van der Waals surface area (Å²) in [5.74, 6) is 1.19. The fourth-order valence-corrected chi connectivity index (χ4v) is 2.98. The highest BCUT2D eigenvalue weighted by Crippen LogP contribution is 2.25. The number of nitrogens with zero attached hydrogens (tertiary/aromatic N) is 3. The molecule has 0 saturated carbocycles. The molecule has 0 aliphatic carbocycles. The van der Waals surface area contributed by atoms with Crippen LogP contribution in [0, 0.1) is 13.8 Å². The Hall–Kier alpha value is -2.87. The fraction of sp³-hybridized carbons (Fsp3) is 0.421. The molecule has 0 unspecified atom stereocenters. The first-order valence-electron chi connectivity index (χ1n) is 8.94. The van der Waals surface area contributed by atoms with Crippen LogP contribution >= 0.6 is 0 Å². The number of aryl methyl sites for hydroxylation is 2. The Morgan fingerprint density at radius 3 is 2.78 bits per heavy atom. The SMILES string of the molecule is CCOCCCNC(=O)c1cn2cc(-c3cc(C)oc3C)n(C)c(=O)c2n1. The van der Waals surface area contributed by atoms with Crippen LogP contribution in [0.4, 0.5) is 0 Å². The first-order valence-corrected chi connectivity index (χ1v) is 8.94. The van der Waals surface area contributed by atoms with Gasteiger partial charge in [0.2, 0.25) is 5.65 Å². The highest BCUT2D eigenvalue weighted by Gasteiger charge is 2.17. The van der Waals surface area contributed by atoms with E-state index >= 15 is 0 Å². The Balaban J connectivity index is 1.89. The van der Waals surface area contributed by atoms with Gasteiger partial charge in [-0.15, -0.1) is 0 Å². The lowest BCUT2D eigenvalue weighted by molar-refractivity contribution is 0.0940. The second-order valence-corrected chi connectivity index (χ2v) is 6.37. The zero-order chi connectivity index (χ0) is 19.6. The number of nitrogens with one attached hydrogen (secondary N) is 1. The molecule has 0 fully saturated rings. The topological polar surface area (TPSA) is 90.8 Å². The van der Waals surface area contributed by atoms with Crippen molar-refractivity contribution in [1.29, 1.82) is 0 Å². The van der Waals surface area contributed by atoms with Crippen LogP contribution in [0.25, 0.3) is 16.9 Å². The lowest BCUT2D eigenvalue weighted by Gasteiger charge is -2.07. The summed E-state index contributed by atoms with van der Waals surface area (Å²) in [6.45, 7) is 7.38. The van der Waals surface area contributed by atoms with Gasteiger partial charge in [0.1, 0.15) is 17.2 Å². The van der Waals surface area contributed by atoms with Gasteiger partial charge in [0.15, 0.2) is 0 Å². The van der Waals surface area contributed by atoms with Crippen LogP contribution in [0.2, 0.25) is 0 Å². The van der Waals surface area contributed by atoms with Crippen LogP contribution < -0.4 is 10.9 Å². The quantitative estimate of drug-likeness (QED) is 0.641. The van der Waals surface area contributed by atoms with Crippen LogP contribution in [0.5, 0.6) is 0 Å². The van der Waals surface area contributed by atoms with Gasteiger partial charge in [0.05, 0.1) is 5.69 Å². The van der Waals surface area contributed by atoms with Crippen molar-refractivity contribution in [3.05, 3.63) is 46.0 Å². The van der Waals surface area contributed by atoms with E-state index in [4.69, 9.17) is 9.15 Å². The van der Waals surface area contributed by atoms with Crippen molar-refractivity contribution < 1.29 is 13.9 Å². The fourth-order valence-electron chi connectivity index (χ4n) is 2.98. The number of furan rings is 1. The van der Waals surface area contributed by atoms with Gasteiger partial charge in [0.25, 0.3) is 11.5 Å². The third kappa shape index (κ3) is 3.80. The normalized spacial score (nSPS) is 11.3. The Bertz CT molecular complexity index is 1030. The summed E-state index contributed by atoms with van der Waals surface area (Å²) in [7, 11) is 1.68. The lowest BCUT2D eigenvalue weighted by atomic mass is 10.2. The molecule has 0 radical (unpaired) electrons. The van der Waals surface area contributed by atoms with Crippen LogP contribution in [-0.4, -0.2) is 39.6 Å². The zero-order valence-electron chi connectivity index (χ0n) is 16.0. The third-order valence-corrected chi connectivity index (χ3v) is 4.36. The molecular weight excluding hydrogens is 348 g/mol. The monoisotopic (exact) mass is 372 g/mol. The Labute approximate surface area is 156 Å². The summed E-state index contributed by atoms with van der Waals surface area (Å²) in [5.41, 5.74) is 1.67. The Morgan fingerprint density at radius 2 is 2.11 bits per heavy atom. The van der Waals surface area contributed by atoms with Gasteiger partial charge in [-0.05, 0) is 33.3 Å². The second-order valence-electron chi connectivity index (χ2n) is 6.37.